The summed E-state index contributed by atoms with van der Waals surface area (Å²) in [6.45, 7) is 2.01. The summed E-state index contributed by atoms with van der Waals surface area (Å²) in [5, 5.41) is 3.33. The van der Waals surface area contributed by atoms with E-state index in [-0.39, 0.29) is 5.69 Å². The number of hydrogen-bond acceptors (Lipinski definition) is 4. The molecule has 2 aromatic carbocycles. The van der Waals surface area contributed by atoms with Crippen LogP contribution in [0.1, 0.15) is 5.56 Å². The van der Waals surface area contributed by atoms with Crippen LogP contribution >= 0.6 is 0 Å². The molecule has 0 spiro atoms. The third kappa shape index (κ3) is 2.95. The Morgan fingerprint density at radius 1 is 1.04 bits per heavy atom. The summed E-state index contributed by atoms with van der Waals surface area (Å²) < 4.78 is 8.56. The van der Waals surface area contributed by atoms with Gasteiger partial charge in [0.2, 0.25) is 0 Å². The lowest BCUT2D eigenvalue weighted by Gasteiger charge is -2.11. The number of methoxy groups -OCH3 is 1. The van der Waals surface area contributed by atoms with Gasteiger partial charge in [-0.3, -0.25) is 9.13 Å². The van der Waals surface area contributed by atoms with Gasteiger partial charge in [0.25, 0.3) is 0 Å². The average molecular weight is 360 g/mol. The van der Waals surface area contributed by atoms with Crippen LogP contribution < -0.4 is 15.7 Å². The van der Waals surface area contributed by atoms with Crippen molar-refractivity contribution in [3.8, 4) is 11.4 Å². The Bertz CT molecular complexity index is 1180. The first kappa shape index (κ1) is 16.9. The van der Waals surface area contributed by atoms with E-state index < -0.39 is 0 Å². The molecule has 4 aromatic rings. The number of pyridine rings is 1. The number of nitrogens with one attached hydrogen (secondary N) is 1. The molecule has 0 radical (unpaired) electrons. The Labute approximate surface area is 156 Å². The van der Waals surface area contributed by atoms with Crippen LogP contribution in [0.15, 0.2) is 65.6 Å². The predicted octanol–water partition coefficient (Wildman–Crippen LogP) is 3.78. The number of aryl methyl sites for hydroxylation is 2. The molecule has 2 heterocycles. The largest absolute Gasteiger partial charge is 0.497 e. The Morgan fingerprint density at radius 2 is 1.81 bits per heavy atom. The normalized spacial score (nSPS) is 10.9. The summed E-state index contributed by atoms with van der Waals surface area (Å²) in [6, 6.07) is 17.3. The number of ether oxygens (including phenoxy) is 1. The van der Waals surface area contributed by atoms with E-state index >= 15 is 0 Å². The molecule has 0 bridgehead atoms. The number of nitrogens with zero attached hydrogens (tertiary/aromatic N) is 3. The maximum Gasteiger partial charge on any atom is 0.333 e. The molecule has 6 heteroatoms. The van der Waals surface area contributed by atoms with Crippen molar-refractivity contribution in [2.75, 3.05) is 12.4 Å². The lowest BCUT2D eigenvalue weighted by Crippen LogP contribution is -2.20. The summed E-state index contributed by atoms with van der Waals surface area (Å²) >= 11 is 0. The van der Waals surface area contributed by atoms with Crippen molar-refractivity contribution in [1.29, 1.82) is 0 Å². The molecule has 0 aliphatic heterocycles. The highest BCUT2D eigenvalue weighted by Crippen LogP contribution is 2.26. The fourth-order valence-electron chi connectivity index (χ4n) is 3.17. The molecular formula is C21H20N4O2. The van der Waals surface area contributed by atoms with E-state index in [1.807, 2.05) is 61.5 Å². The Hall–Kier alpha value is -3.54. The molecule has 0 amide bonds. The van der Waals surface area contributed by atoms with Gasteiger partial charge in [0.05, 0.1) is 30.0 Å². The molecule has 6 nitrogen and oxygen atoms in total. The third-order valence-electron chi connectivity index (χ3n) is 4.65. The van der Waals surface area contributed by atoms with Crippen molar-refractivity contribution in [3.63, 3.8) is 0 Å². The van der Waals surface area contributed by atoms with Gasteiger partial charge in [-0.05, 0) is 42.8 Å². The van der Waals surface area contributed by atoms with Crippen LogP contribution in [-0.2, 0) is 7.05 Å². The summed E-state index contributed by atoms with van der Waals surface area (Å²) in [7, 11) is 3.40. The second-order valence-corrected chi connectivity index (χ2v) is 6.38. The molecule has 0 atom stereocenters. The van der Waals surface area contributed by atoms with E-state index in [0.29, 0.717) is 5.82 Å². The number of para-hydroxylation sites is 1. The minimum atomic E-state index is -0.101. The SMILES string of the molecule is COc1ccc(Nc2cc3c(cn2)n(C)c(=O)n3-c2ccccc2)c(C)c1. The van der Waals surface area contributed by atoms with Crippen LogP contribution in [0.4, 0.5) is 11.5 Å². The first-order chi connectivity index (χ1) is 13.1. The van der Waals surface area contributed by atoms with Gasteiger partial charge in [0, 0.05) is 18.8 Å². The second-order valence-electron chi connectivity index (χ2n) is 6.38. The topological polar surface area (TPSA) is 61.1 Å². The van der Waals surface area contributed by atoms with Crippen LogP contribution in [0.5, 0.6) is 5.75 Å². The van der Waals surface area contributed by atoms with Gasteiger partial charge in [-0.25, -0.2) is 9.78 Å². The average Bonchev–Trinajstić information content (AvgIpc) is 2.94. The molecular weight excluding hydrogens is 340 g/mol. The Kier molecular flexibility index (Phi) is 4.16. The molecule has 0 unspecified atom stereocenters. The van der Waals surface area contributed by atoms with Crippen molar-refractivity contribution in [1.82, 2.24) is 14.1 Å². The van der Waals surface area contributed by atoms with Crippen molar-refractivity contribution in [2.45, 2.75) is 6.92 Å². The quantitative estimate of drug-likeness (QED) is 0.602. The molecule has 2 aromatic heterocycles. The van der Waals surface area contributed by atoms with Gasteiger partial charge in [0.1, 0.15) is 11.6 Å². The minimum absolute atomic E-state index is 0.101. The van der Waals surface area contributed by atoms with Crippen molar-refractivity contribution < 1.29 is 4.74 Å². The molecule has 27 heavy (non-hydrogen) atoms. The van der Waals surface area contributed by atoms with E-state index in [1.165, 1.54) is 0 Å². The lowest BCUT2D eigenvalue weighted by molar-refractivity contribution is 0.414. The predicted molar refractivity (Wildman–Crippen MR) is 107 cm³/mol. The number of hydrogen-bond donors (Lipinski definition) is 1. The number of imidazole rings is 1. The maximum absolute atomic E-state index is 12.7. The first-order valence-corrected chi connectivity index (χ1v) is 8.63. The van der Waals surface area contributed by atoms with Crippen molar-refractivity contribution in [3.05, 3.63) is 76.8 Å². The molecule has 0 saturated carbocycles. The number of anilines is 2. The minimum Gasteiger partial charge on any atom is -0.497 e. The molecule has 0 aliphatic carbocycles. The highest BCUT2D eigenvalue weighted by Gasteiger charge is 2.14. The van der Waals surface area contributed by atoms with Crippen LogP contribution in [0.25, 0.3) is 16.7 Å². The molecule has 0 fully saturated rings. The smallest absolute Gasteiger partial charge is 0.333 e. The molecule has 0 saturated heterocycles. The number of fused-ring (bicyclic) bond motifs is 1. The molecule has 136 valence electrons. The summed E-state index contributed by atoms with van der Waals surface area (Å²) in [5.74, 6) is 1.48. The van der Waals surface area contributed by atoms with E-state index in [9.17, 15) is 4.79 Å². The van der Waals surface area contributed by atoms with Gasteiger partial charge >= 0.3 is 5.69 Å². The van der Waals surface area contributed by atoms with E-state index in [2.05, 4.69) is 10.3 Å². The van der Waals surface area contributed by atoms with Gasteiger partial charge in [-0.2, -0.15) is 0 Å². The fraction of sp³-hybridized carbons (Fsp3) is 0.143. The number of benzene rings is 2. The van der Waals surface area contributed by atoms with E-state index in [4.69, 9.17) is 4.74 Å². The Balaban J connectivity index is 1.82. The van der Waals surface area contributed by atoms with Crippen LogP contribution in [0.3, 0.4) is 0 Å². The van der Waals surface area contributed by atoms with Gasteiger partial charge in [-0.15, -0.1) is 0 Å². The highest BCUT2D eigenvalue weighted by atomic mass is 16.5. The molecule has 1 N–H and O–H groups in total. The zero-order valence-electron chi connectivity index (χ0n) is 15.4. The van der Waals surface area contributed by atoms with Gasteiger partial charge < -0.3 is 10.1 Å². The van der Waals surface area contributed by atoms with Crippen molar-refractivity contribution >= 4 is 22.5 Å². The monoisotopic (exact) mass is 360 g/mol. The highest BCUT2D eigenvalue weighted by molar-refractivity contribution is 5.81. The van der Waals surface area contributed by atoms with Gasteiger partial charge in [-0.1, -0.05) is 18.2 Å². The fourth-order valence-corrected chi connectivity index (χ4v) is 3.17. The second kappa shape index (κ2) is 6.64. The van der Waals surface area contributed by atoms with Crippen LogP contribution in [0, 0.1) is 6.92 Å². The molecule has 0 aliphatic rings. The van der Waals surface area contributed by atoms with Crippen molar-refractivity contribution in [2.24, 2.45) is 7.05 Å². The van der Waals surface area contributed by atoms with Crippen LogP contribution in [0.2, 0.25) is 0 Å². The maximum atomic E-state index is 12.7. The Morgan fingerprint density at radius 3 is 2.52 bits per heavy atom. The number of rotatable bonds is 4. The zero-order valence-corrected chi connectivity index (χ0v) is 15.4. The zero-order chi connectivity index (χ0) is 19.0. The first-order valence-electron chi connectivity index (χ1n) is 8.63. The standard InChI is InChI=1S/C21H20N4O2/c1-14-11-16(27-3)9-10-17(14)23-20-12-18-19(13-22-20)24(2)21(26)25(18)15-7-5-4-6-8-15/h4-13H,1-3H3,(H,22,23). The van der Waals surface area contributed by atoms with Gasteiger partial charge in [0.15, 0.2) is 0 Å². The summed E-state index contributed by atoms with van der Waals surface area (Å²) in [5.41, 5.74) is 4.29. The lowest BCUT2D eigenvalue weighted by atomic mass is 10.2. The number of aromatic nitrogens is 3. The van der Waals surface area contributed by atoms with E-state index in [0.717, 1.165) is 33.7 Å². The van der Waals surface area contributed by atoms with E-state index in [1.54, 1.807) is 29.5 Å². The summed E-state index contributed by atoms with van der Waals surface area (Å²) in [4.78, 5) is 17.2. The third-order valence-corrected chi connectivity index (χ3v) is 4.65. The van der Waals surface area contributed by atoms with Crippen LogP contribution in [-0.4, -0.2) is 21.2 Å². The summed E-state index contributed by atoms with van der Waals surface area (Å²) in [6.07, 6.45) is 1.72. The molecule has 4 rings (SSSR count).